The van der Waals surface area contributed by atoms with Crippen LogP contribution in [0.25, 0.3) is 5.69 Å². The molecule has 0 fully saturated rings. The molecule has 0 aliphatic rings. The highest BCUT2D eigenvalue weighted by Crippen LogP contribution is 2.18. The van der Waals surface area contributed by atoms with E-state index in [1.807, 2.05) is 30.3 Å². The molecule has 0 aliphatic heterocycles. The molecule has 0 aliphatic carbocycles. The number of hydrogen-bond donors (Lipinski definition) is 2. The van der Waals surface area contributed by atoms with E-state index >= 15 is 0 Å². The molecule has 0 bridgehead atoms. The van der Waals surface area contributed by atoms with Crippen molar-refractivity contribution < 1.29 is 14.7 Å². The number of aromatic carboxylic acids is 1. The number of aromatic nitrogens is 3. The van der Waals surface area contributed by atoms with E-state index in [-0.39, 0.29) is 16.8 Å². The molecule has 24 heavy (non-hydrogen) atoms. The average molecular weight is 342 g/mol. The van der Waals surface area contributed by atoms with Crippen molar-refractivity contribution in [1.29, 1.82) is 0 Å². The SMILES string of the molecule is CC(NC(=O)c1ccc(C(=O)O)s1)c1cn(-c2ccccc2)nn1. The summed E-state index contributed by atoms with van der Waals surface area (Å²) in [5, 5.41) is 19.8. The first-order valence-electron chi connectivity index (χ1n) is 7.16. The van der Waals surface area contributed by atoms with Gasteiger partial charge in [-0.1, -0.05) is 23.4 Å². The quantitative estimate of drug-likeness (QED) is 0.742. The number of carboxylic acid groups (broad SMARTS) is 1. The first-order chi connectivity index (χ1) is 11.5. The van der Waals surface area contributed by atoms with Gasteiger partial charge in [0.25, 0.3) is 5.91 Å². The van der Waals surface area contributed by atoms with Gasteiger partial charge < -0.3 is 10.4 Å². The fraction of sp³-hybridized carbons (Fsp3) is 0.125. The molecule has 1 amide bonds. The maximum Gasteiger partial charge on any atom is 0.345 e. The van der Waals surface area contributed by atoms with E-state index in [0.29, 0.717) is 10.6 Å². The normalized spacial score (nSPS) is 11.9. The molecular weight excluding hydrogens is 328 g/mol. The Morgan fingerprint density at radius 3 is 2.54 bits per heavy atom. The number of rotatable bonds is 5. The second-order valence-corrected chi connectivity index (χ2v) is 6.17. The monoisotopic (exact) mass is 342 g/mol. The van der Waals surface area contributed by atoms with Crippen LogP contribution in [-0.2, 0) is 0 Å². The van der Waals surface area contributed by atoms with Crippen molar-refractivity contribution in [3.8, 4) is 5.69 Å². The molecule has 8 heteroatoms. The van der Waals surface area contributed by atoms with Crippen LogP contribution < -0.4 is 5.32 Å². The van der Waals surface area contributed by atoms with Gasteiger partial charge in [-0.15, -0.1) is 16.4 Å². The molecule has 0 radical (unpaired) electrons. The number of carbonyl (C=O) groups is 2. The van der Waals surface area contributed by atoms with Crippen molar-refractivity contribution in [2.75, 3.05) is 0 Å². The van der Waals surface area contributed by atoms with Crippen molar-refractivity contribution in [3.63, 3.8) is 0 Å². The number of hydrogen-bond acceptors (Lipinski definition) is 5. The number of carbonyl (C=O) groups excluding carboxylic acids is 1. The minimum Gasteiger partial charge on any atom is -0.477 e. The highest BCUT2D eigenvalue weighted by Gasteiger charge is 2.17. The fourth-order valence-electron chi connectivity index (χ4n) is 2.10. The minimum absolute atomic E-state index is 0.128. The van der Waals surface area contributed by atoms with Crippen LogP contribution in [0.2, 0.25) is 0 Å². The molecule has 122 valence electrons. The summed E-state index contributed by atoms with van der Waals surface area (Å²) < 4.78 is 1.63. The third-order valence-electron chi connectivity index (χ3n) is 3.36. The van der Waals surface area contributed by atoms with Crippen molar-refractivity contribution >= 4 is 23.2 Å². The largest absolute Gasteiger partial charge is 0.477 e. The Morgan fingerprint density at radius 2 is 1.88 bits per heavy atom. The molecule has 1 unspecified atom stereocenters. The molecule has 1 atom stereocenters. The summed E-state index contributed by atoms with van der Waals surface area (Å²) >= 11 is 0.936. The van der Waals surface area contributed by atoms with Gasteiger partial charge in [0, 0.05) is 0 Å². The Hall–Kier alpha value is -3.00. The van der Waals surface area contributed by atoms with Gasteiger partial charge in [-0.2, -0.15) is 0 Å². The Bertz CT molecular complexity index is 872. The van der Waals surface area contributed by atoms with E-state index in [9.17, 15) is 9.59 Å². The molecule has 3 rings (SSSR count). The van der Waals surface area contributed by atoms with E-state index in [2.05, 4.69) is 15.6 Å². The summed E-state index contributed by atoms with van der Waals surface area (Å²) in [6, 6.07) is 12.1. The van der Waals surface area contributed by atoms with Gasteiger partial charge >= 0.3 is 5.97 Å². The van der Waals surface area contributed by atoms with E-state index in [4.69, 9.17) is 5.11 Å². The van der Waals surface area contributed by atoms with Gasteiger partial charge in [-0.3, -0.25) is 4.79 Å². The third kappa shape index (κ3) is 3.33. The van der Waals surface area contributed by atoms with Crippen LogP contribution in [0, 0.1) is 0 Å². The molecule has 0 spiro atoms. The summed E-state index contributed by atoms with van der Waals surface area (Å²) in [4.78, 5) is 23.5. The molecule has 1 aromatic carbocycles. The lowest BCUT2D eigenvalue weighted by Crippen LogP contribution is -2.26. The predicted octanol–water partition coefficient (Wildman–Crippen LogP) is 2.52. The first-order valence-corrected chi connectivity index (χ1v) is 7.98. The fourth-order valence-corrected chi connectivity index (χ4v) is 2.85. The van der Waals surface area contributed by atoms with E-state index in [1.165, 1.54) is 12.1 Å². The Balaban J connectivity index is 1.70. The maximum atomic E-state index is 12.2. The summed E-state index contributed by atoms with van der Waals surface area (Å²) in [5.74, 6) is -1.38. The second kappa shape index (κ2) is 6.63. The molecule has 2 aromatic heterocycles. The highest BCUT2D eigenvalue weighted by atomic mass is 32.1. The van der Waals surface area contributed by atoms with E-state index in [1.54, 1.807) is 17.8 Å². The third-order valence-corrected chi connectivity index (χ3v) is 4.44. The lowest BCUT2D eigenvalue weighted by molar-refractivity contribution is 0.0702. The van der Waals surface area contributed by atoms with Gasteiger partial charge in [-0.25, -0.2) is 9.48 Å². The molecule has 2 heterocycles. The second-order valence-electron chi connectivity index (χ2n) is 5.09. The van der Waals surface area contributed by atoms with Crippen LogP contribution in [0.1, 0.15) is 38.0 Å². The topological polar surface area (TPSA) is 97.1 Å². The first kappa shape index (κ1) is 15.9. The van der Waals surface area contributed by atoms with Gasteiger partial charge in [0.2, 0.25) is 0 Å². The average Bonchev–Trinajstić information content (AvgIpc) is 3.25. The van der Waals surface area contributed by atoms with Crippen molar-refractivity contribution in [2.45, 2.75) is 13.0 Å². The Labute approximate surface area is 141 Å². The van der Waals surface area contributed by atoms with E-state index in [0.717, 1.165) is 17.0 Å². The van der Waals surface area contributed by atoms with Crippen LogP contribution in [0.3, 0.4) is 0 Å². The number of nitrogens with zero attached hydrogens (tertiary/aromatic N) is 3. The minimum atomic E-state index is -1.04. The van der Waals surface area contributed by atoms with Crippen LogP contribution in [0.4, 0.5) is 0 Å². The summed E-state index contributed by atoms with van der Waals surface area (Å²) in [6.45, 7) is 1.79. The molecular formula is C16H14N4O3S. The number of benzene rings is 1. The van der Waals surface area contributed by atoms with Crippen LogP contribution in [-0.4, -0.2) is 32.0 Å². The lowest BCUT2D eigenvalue weighted by Gasteiger charge is -2.09. The van der Waals surface area contributed by atoms with Crippen LogP contribution in [0.5, 0.6) is 0 Å². The summed E-state index contributed by atoms with van der Waals surface area (Å²) in [5.41, 5.74) is 1.49. The van der Waals surface area contributed by atoms with Crippen molar-refractivity contribution in [1.82, 2.24) is 20.3 Å². The van der Waals surface area contributed by atoms with E-state index < -0.39 is 5.97 Å². The van der Waals surface area contributed by atoms with Crippen molar-refractivity contribution in [2.24, 2.45) is 0 Å². The molecule has 0 saturated carbocycles. The smallest absolute Gasteiger partial charge is 0.345 e. The molecule has 7 nitrogen and oxygen atoms in total. The highest BCUT2D eigenvalue weighted by molar-refractivity contribution is 7.15. The standard InChI is InChI=1S/C16H14N4O3S/c1-10(17-15(21)13-7-8-14(24-13)16(22)23)12-9-20(19-18-12)11-5-3-2-4-6-11/h2-10H,1H3,(H,17,21)(H,22,23). The van der Waals surface area contributed by atoms with Gasteiger partial charge in [0.1, 0.15) is 10.6 Å². The summed E-state index contributed by atoms with van der Waals surface area (Å²) in [7, 11) is 0. The number of carboxylic acids is 1. The zero-order chi connectivity index (χ0) is 17.1. The van der Waals surface area contributed by atoms with Crippen molar-refractivity contribution in [3.05, 3.63) is 64.1 Å². The van der Waals surface area contributed by atoms with Gasteiger partial charge in [-0.05, 0) is 31.2 Å². The van der Waals surface area contributed by atoms with Crippen LogP contribution >= 0.6 is 11.3 Å². The van der Waals surface area contributed by atoms with Crippen LogP contribution in [0.15, 0.2) is 48.7 Å². The predicted molar refractivity (Wildman–Crippen MR) is 88.5 cm³/mol. The van der Waals surface area contributed by atoms with Gasteiger partial charge in [0.05, 0.1) is 22.8 Å². The number of thiophene rings is 1. The molecule has 0 saturated heterocycles. The summed E-state index contributed by atoms with van der Waals surface area (Å²) in [6.07, 6.45) is 1.75. The molecule has 3 aromatic rings. The number of para-hydroxylation sites is 1. The lowest BCUT2D eigenvalue weighted by atomic mass is 10.2. The zero-order valence-corrected chi connectivity index (χ0v) is 13.5. The number of amides is 1. The Morgan fingerprint density at radius 1 is 1.17 bits per heavy atom. The molecule has 2 N–H and O–H groups in total. The number of nitrogens with one attached hydrogen (secondary N) is 1. The maximum absolute atomic E-state index is 12.2. The Kier molecular flexibility index (Phi) is 4.39. The zero-order valence-electron chi connectivity index (χ0n) is 12.7. The van der Waals surface area contributed by atoms with Gasteiger partial charge in [0.15, 0.2) is 0 Å².